The lowest BCUT2D eigenvalue weighted by atomic mass is 10.1. The number of rotatable bonds is 5. The topological polar surface area (TPSA) is 56.8 Å². The van der Waals surface area contributed by atoms with Crippen LogP contribution in [-0.4, -0.2) is 61.9 Å². The number of sulfonamides is 1. The summed E-state index contributed by atoms with van der Waals surface area (Å²) in [5, 5.41) is 0. The van der Waals surface area contributed by atoms with Crippen LogP contribution in [0.4, 0.5) is 14.6 Å². The first-order chi connectivity index (χ1) is 14.4. The Morgan fingerprint density at radius 2 is 1.67 bits per heavy atom. The van der Waals surface area contributed by atoms with Crippen LogP contribution in [0.3, 0.4) is 0 Å². The fraction of sp³-hybridized carbons (Fsp3) is 0.476. The first-order valence-electron chi connectivity index (χ1n) is 10.3. The van der Waals surface area contributed by atoms with E-state index in [0.29, 0.717) is 44.8 Å². The van der Waals surface area contributed by atoms with Crippen LogP contribution < -0.4 is 4.90 Å². The van der Waals surface area contributed by atoms with E-state index in [9.17, 15) is 17.2 Å². The molecular weight excluding hydrogens is 410 g/mol. The molecule has 1 unspecified atom stereocenters. The van der Waals surface area contributed by atoms with Gasteiger partial charge in [-0.3, -0.25) is 4.90 Å². The summed E-state index contributed by atoms with van der Waals surface area (Å²) in [5.41, 5.74) is 0.486. The quantitative estimate of drug-likeness (QED) is 0.721. The first kappa shape index (κ1) is 21.1. The highest BCUT2D eigenvalue weighted by atomic mass is 32.2. The zero-order valence-electron chi connectivity index (χ0n) is 17.0. The molecular formula is C21H26F2N4O2S. The van der Waals surface area contributed by atoms with Gasteiger partial charge in [0.15, 0.2) is 0 Å². The zero-order chi connectivity index (χ0) is 21.3. The van der Waals surface area contributed by atoms with Crippen LogP contribution in [0.1, 0.15) is 31.4 Å². The van der Waals surface area contributed by atoms with Gasteiger partial charge in [-0.1, -0.05) is 6.07 Å². The summed E-state index contributed by atoms with van der Waals surface area (Å²) in [5.74, 6) is -0.369. The van der Waals surface area contributed by atoms with E-state index in [2.05, 4.69) is 14.8 Å². The summed E-state index contributed by atoms with van der Waals surface area (Å²) >= 11 is 0. The summed E-state index contributed by atoms with van der Waals surface area (Å²) in [6, 6.07) is 6.92. The molecule has 0 aliphatic carbocycles. The highest BCUT2D eigenvalue weighted by Gasteiger charge is 2.28. The van der Waals surface area contributed by atoms with Crippen molar-refractivity contribution in [1.29, 1.82) is 0 Å². The smallest absolute Gasteiger partial charge is 0.244 e. The minimum absolute atomic E-state index is 0.159. The lowest BCUT2D eigenvalue weighted by molar-refractivity contribution is 0.194. The van der Waals surface area contributed by atoms with Crippen LogP contribution in [0.2, 0.25) is 0 Å². The van der Waals surface area contributed by atoms with Crippen molar-refractivity contribution in [2.24, 2.45) is 0 Å². The molecule has 0 radical (unpaired) electrons. The van der Waals surface area contributed by atoms with Gasteiger partial charge in [0.1, 0.15) is 22.3 Å². The Balaban J connectivity index is 1.39. The number of benzene rings is 1. The van der Waals surface area contributed by atoms with Crippen LogP contribution in [0.25, 0.3) is 0 Å². The molecule has 2 aliphatic rings. The van der Waals surface area contributed by atoms with Crippen LogP contribution in [0.15, 0.2) is 41.4 Å². The summed E-state index contributed by atoms with van der Waals surface area (Å²) in [4.78, 5) is 8.87. The third-order valence-corrected chi connectivity index (χ3v) is 7.90. The SMILES string of the molecule is CC(c1ccc(F)cc1F)N1CCN(c2ccc(S(=O)(=O)N3CCCC3)cn2)CC1. The van der Waals surface area contributed by atoms with Crippen LogP contribution in [0, 0.1) is 11.6 Å². The summed E-state index contributed by atoms with van der Waals surface area (Å²) < 4.78 is 54.1. The number of halogens is 2. The summed E-state index contributed by atoms with van der Waals surface area (Å²) in [6.45, 7) is 5.84. The highest BCUT2D eigenvalue weighted by molar-refractivity contribution is 7.89. The number of piperazine rings is 1. The van der Waals surface area contributed by atoms with Gasteiger partial charge in [-0.15, -0.1) is 0 Å². The molecule has 0 N–H and O–H groups in total. The predicted octanol–water partition coefficient (Wildman–Crippen LogP) is 3.03. The third-order valence-electron chi connectivity index (χ3n) is 6.02. The van der Waals surface area contributed by atoms with E-state index in [0.717, 1.165) is 24.7 Å². The molecule has 0 spiro atoms. The maximum absolute atomic E-state index is 14.1. The van der Waals surface area contributed by atoms with Crippen molar-refractivity contribution in [1.82, 2.24) is 14.2 Å². The summed E-state index contributed by atoms with van der Waals surface area (Å²) in [6.07, 6.45) is 3.23. The molecule has 2 saturated heterocycles. The van der Waals surface area contributed by atoms with Gasteiger partial charge in [0.2, 0.25) is 10.0 Å². The van der Waals surface area contributed by atoms with Crippen LogP contribution in [0.5, 0.6) is 0 Å². The van der Waals surface area contributed by atoms with Gasteiger partial charge in [0.25, 0.3) is 0 Å². The van der Waals surface area contributed by atoms with Crippen molar-refractivity contribution in [2.75, 3.05) is 44.2 Å². The summed E-state index contributed by atoms with van der Waals surface area (Å²) in [7, 11) is -3.46. The predicted molar refractivity (Wildman–Crippen MR) is 111 cm³/mol. The molecule has 162 valence electrons. The fourth-order valence-corrected chi connectivity index (χ4v) is 5.63. The van der Waals surface area contributed by atoms with E-state index in [1.807, 2.05) is 6.92 Å². The number of hydrogen-bond acceptors (Lipinski definition) is 5. The molecule has 0 amide bonds. The molecule has 9 heteroatoms. The minimum Gasteiger partial charge on any atom is -0.354 e. The molecule has 1 aromatic heterocycles. The second kappa shape index (κ2) is 8.56. The van der Waals surface area contributed by atoms with E-state index in [-0.39, 0.29) is 10.9 Å². The Labute approximate surface area is 176 Å². The molecule has 2 fully saturated rings. The first-order valence-corrected chi connectivity index (χ1v) is 11.7. The van der Waals surface area contributed by atoms with Gasteiger partial charge in [-0.2, -0.15) is 4.31 Å². The average molecular weight is 437 g/mol. The molecule has 0 saturated carbocycles. The highest BCUT2D eigenvalue weighted by Crippen LogP contribution is 2.26. The van der Waals surface area contributed by atoms with Crippen molar-refractivity contribution >= 4 is 15.8 Å². The van der Waals surface area contributed by atoms with Gasteiger partial charge in [0.05, 0.1) is 0 Å². The Morgan fingerprint density at radius 3 is 2.27 bits per heavy atom. The normalized spacial score (nSPS) is 19.9. The van der Waals surface area contributed by atoms with Crippen molar-refractivity contribution < 1.29 is 17.2 Å². The van der Waals surface area contributed by atoms with Gasteiger partial charge in [-0.25, -0.2) is 22.2 Å². The van der Waals surface area contributed by atoms with Crippen LogP contribution >= 0.6 is 0 Å². The van der Waals surface area contributed by atoms with E-state index >= 15 is 0 Å². The molecule has 4 rings (SSSR count). The molecule has 1 atom stereocenters. The Bertz CT molecular complexity index is 987. The van der Waals surface area contributed by atoms with Crippen molar-refractivity contribution in [3.05, 3.63) is 53.7 Å². The van der Waals surface area contributed by atoms with Crippen LogP contribution in [-0.2, 0) is 10.0 Å². The number of hydrogen-bond donors (Lipinski definition) is 0. The Morgan fingerprint density at radius 1 is 0.967 bits per heavy atom. The monoisotopic (exact) mass is 436 g/mol. The van der Waals surface area contributed by atoms with E-state index in [1.54, 1.807) is 12.1 Å². The molecule has 6 nitrogen and oxygen atoms in total. The molecule has 2 aliphatic heterocycles. The zero-order valence-corrected chi connectivity index (χ0v) is 17.8. The Kier molecular flexibility index (Phi) is 6.04. The van der Waals surface area contributed by atoms with Gasteiger partial charge in [-0.05, 0) is 38.0 Å². The fourth-order valence-electron chi connectivity index (χ4n) is 4.17. The van der Waals surface area contributed by atoms with Gasteiger partial charge < -0.3 is 4.90 Å². The lowest BCUT2D eigenvalue weighted by Crippen LogP contribution is -2.47. The van der Waals surface area contributed by atoms with Crippen molar-refractivity contribution in [3.8, 4) is 0 Å². The minimum atomic E-state index is -3.46. The second-order valence-electron chi connectivity index (χ2n) is 7.83. The maximum Gasteiger partial charge on any atom is 0.244 e. The van der Waals surface area contributed by atoms with E-state index in [1.165, 1.54) is 22.6 Å². The van der Waals surface area contributed by atoms with Gasteiger partial charge >= 0.3 is 0 Å². The second-order valence-corrected chi connectivity index (χ2v) is 9.77. The number of nitrogens with zero attached hydrogens (tertiary/aromatic N) is 4. The standard InChI is InChI=1S/C21H26F2N4O2S/c1-16(19-6-4-17(22)14-20(19)23)25-10-12-26(13-11-25)21-7-5-18(15-24-21)30(28,29)27-8-2-3-9-27/h4-7,14-16H,2-3,8-13H2,1H3. The lowest BCUT2D eigenvalue weighted by Gasteiger charge is -2.38. The number of pyridine rings is 1. The number of anilines is 1. The Hall–Kier alpha value is -2.10. The molecule has 30 heavy (non-hydrogen) atoms. The molecule has 3 heterocycles. The largest absolute Gasteiger partial charge is 0.354 e. The average Bonchev–Trinajstić information content (AvgIpc) is 3.29. The number of aromatic nitrogens is 1. The van der Waals surface area contributed by atoms with E-state index in [4.69, 9.17) is 0 Å². The third kappa shape index (κ3) is 4.19. The van der Waals surface area contributed by atoms with E-state index < -0.39 is 21.7 Å². The maximum atomic E-state index is 14.1. The van der Waals surface area contributed by atoms with Crippen molar-refractivity contribution in [2.45, 2.75) is 30.7 Å². The molecule has 1 aromatic carbocycles. The van der Waals surface area contributed by atoms with Crippen molar-refractivity contribution in [3.63, 3.8) is 0 Å². The molecule has 2 aromatic rings. The van der Waals surface area contributed by atoms with Gasteiger partial charge in [0, 0.05) is 63.1 Å². The molecule has 0 bridgehead atoms.